The van der Waals surface area contributed by atoms with E-state index in [4.69, 9.17) is 16.3 Å². The number of hydrogen-bond donors (Lipinski definition) is 0. The zero-order valence-electron chi connectivity index (χ0n) is 9.67. The van der Waals surface area contributed by atoms with Gasteiger partial charge in [0.05, 0.1) is 11.3 Å². The van der Waals surface area contributed by atoms with E-state index in [0.717, 1.165) is 10.6 Å². The normalized spacial score (nSPS) is 30.1. The lowest BCUT2D eigenvalue weighted by molar-refractivity contribution is 0.185. The fraction of sp³-hybridized carbons (Fsp3) is 0.538. The molecule has 0 spiro atoms. The summed E-state index contributed by atoms with van der Waals surface area (Å²) in [6.07, 6.45) is 6.21. The second-order valence-electron chi connectivity index (χ2n) is 5.30. The third-order valence-electron chi connectivity index (χ3n) is 3.07. The molecule has 0 bridgehead atoms. The maximum Gasteiger partial charge on any atom is 0.144 e. The van der Waals surface area contributed by atoms with Crippen molar-refractivity contribution in [2.75, 3.05) is 0 Å². The molecule has 82 valence electrons. The minimum Gasteiger partial charge on any atom is -0.491 e. The van der Waals surface area contributed by atoms with Crippen LogP contribution in [0.4, 0.5) is 0 Å². The minimum absolute atomic E-state index is 0.0193. The first kappa shape index (κ1) is 10.8. The molecule has 0 amide bonds. The number of halogens is 1. The summed E-state index contributed by atoms with van der Waals surface area (Å²) in [6, 6.07) is 0. The molecule has 1 nitrogen and oxygen atoms in total. The van der Waals surface area contributed by atoms with Gasteiger partial charge in [0.15, 0.2) is 0 Å². The highest BCUT2D eigenvalue weighted by molar-refractivity contribution is 6.30. The van der Waals surface area contributed by atoms with Crippen LogP contribution in [0.3, 0.4) is 0 Å². The molecular weight excluding hydrogens is 208 g/mol. The van der Waals surface area contributed by atoms with Gasteiger partial charge in [-0.05, 0) is 23.5 Å². The van der Waals surface area contributed by atoms with Gasteiger partial charge >= 0.3 is 0 Å². The van der Waals surface area contributed by atoms with E-state index < -0.39 is 0 Å². The Morgan fingerprint density at radius 3 is 2.60 bits per heavy atom. The predicted molar refractivity (Wildman–Crippen MR) is 63.6 cm³/mol. The number of fused-ring (bicyclic) bond motifs is 1. The van der Waals surface area contributed by atoms with Gasteiger partial charge in [0, 0.05) is 5.92 Å². The quantitative estimate of drug-likeness (QED) is 0.604. The van der Waals surface area contributed by atoms with Gasteiger partial charge in [0.1, 0.15) is 6.10 Å². The van der Waals surface area contributed by atoms with E-state index in [1.54, 1.807) is 0 Å². The molecule has 0 saturated carbocycles. The monoisotopic (exact) mass is 224 g/mol. The van der Waals surface area contributed by atoms with E-state index in [-0.39, 0.29) is 11.5 Å². The van der Waals surface area contributed by atoms with Crippen LogP contribution in [0.2, 0.25) is 0 Å². The Kier molecular flexibility index (Phi) is 2.46. The highest BCUT2D eigenvalue weighted by atomic mass is 35.5. The van der Waals surface area contributed by atoms with Crippen molar-refractivity contribution in [3.63, 3.8) is 0 Å². The van der Waals surface area contributed by atoms with E-state index in [1.807, 2.05) is 13.2 Å². The van der Waals surface area contributed by atoms with Gasteiger partial charge in [-0.1, -0.05) is 44.5 Å². The first-order valence-electron chi connectivity index (χ1n) is 5.32. The summed E-state index contributed by atoms with van der Waals surface area (Å²) >= 11 is 6.25. The molecule has 2 unspecified atom stereocenters. The van der Waals surface area contributed by atoms with Crippen LogP contribution in [0, 0.1) is 11.3 Å². The molecule has 0 aromatic rings. The standard InChI is InChI=1S/C13H17ClO/c1-8-5-6-9-10(13(2,3)4)7-15-12(9)11(8)14/h5-7,9,12H,1-4H3. The van der Waals surface area contributed by atoms with Crippen LogP contribution >= 0.6 is 11.6 Å². The summed E-state index contributed by atoms with van der Waals surface area (Å²) in [5, 5.41) is 0.845. The Hall–Kier alpha value is -0.690. The molecule has 0 radical (unpaired) electrons. The second-order valence-corrected chi connectivity index (χ2v) is 5.70. The van der Waals surface area contributed by atoms with Crippen molar-refractivity contribution in [1.29, 1.82) is 0 Å². The van der Waals surface area contributed by atoms with E-state index in [2.05, 4.69) is 32.9 Å². The highest BCUT2D eigenvalue weighted by Crippen LogP contribution is 2.44. The molecule has 2 aliphatic rings. The predicted octanol–water partition coefficient (Wildman–Crippen LogP) is 4.01. The summed E-state index contributed by atoms with van der Waals surface area (Å²) in [6.45, 7) is 8.64. The van der Waals surface area contributed by atoms with Crippen molar-refractivity contribution < 1.29 is 4.74 Å². The average Bonchev–Trinajstić information content (AvgIpc) is 2.54. The fourth-order valence-electron chi connectivity index (χ4n) is 2.12. The lowest BCUT2D eigenvalue weighted by Crippen LogP contribution is -2.25. The molecule has 1 aliphatic carbocycles. The van der Waals surface area contributed by atoms with Gasteiger partial charge in [0.2, 0.25) is 0 Å². The van der Waals surface area contributed by atoms with Crippen LogP contribution in [0.25, 0.3) is 0 Å². The van der Waals surface area contributed by atoms with Crippen molar-refractivity contribution in [3.8, 4) is 0 Å². The molecule has 15 heavy (non-hydrogen) atoms. The van der Waals surface area contributed by atoms with Gasteiger partial charge in [-0.15, -0.1) is 0 Å². The number of hydrogen-bond acceptors (Lipinski definition) is 1. The van der Waals surface area contributed by atoms with Crippen LogP contribution in [0.5, 0.6) is 0 Å². The second kappa shape index (κ2) is 3.41. The summed E-state index contributed by atoms with van der Waals surface area (Å²) in [7, 11) is 0. The smallest absolute Gasteiger partial charge is 0.144 e. The largest absolute Gasteiger partial charge is 0.491 e. The third kappa shape index (κ3) is 1.74. The van der Waals surface area contributed by atoms with Crippen LogP contribution in [0.15, 0.2) is 34.6 Å². The zero-order valence-corrected chi connectivity index (χ0v) is 10.4. The Morgan fingerprint density at radius 1 is 1.33 bits per heavy atom. The molecule has 2 rings (SSSR count). The van der Waals surface area contributed by atoms with Crippen LogP contribution in [-0.2, 0) is 4.74 Å². The summed E-state index contributed by atoms with van der Waals surface area (Å²) in [5.74, 6) is 0.321. The molecule has 0 aromatic heterocycles. The number of rotatable bonds is 0. The first-order chi connectivity index (χ1) is 6.91. The molecular formula is C13H17ClO. The fourth-order valence-corrected chi connectivity index (χ4v) is 2.37. The van der Waals surface area contributed by atoms with E-state index in [0.29, 0.717) is 5.92 Å². The number of allylic oxidation sites excluding steroid dienone is 2. The van der Waals surface area contributed by atoms with Gasteiger partial charge in [-0.25, -0.2) is 0 Å². The molecule has 0 fully saturated rings. The molecule has 0 saturated heterocycles. The van der Waals surface area contributed by atoms with Gasteiger partial charge in [-0.3, -0.25) is 0 Å². The Balaban J connectivity index is 2.31. The zero-order chi connectivity index (χ0) is 11.2. The van der Waals surface area contributed by atoms with E-state index in [9.17, 15) is 0 Å². The summed E-state index contributed by atoms with van der Waals surface area (Å²) < 4.78 is 5.68. The Labute approximate surface area is 96.5 Å². The minimum atomic E-state index is 0.0193. The molecule has 0 aromatic carbocycles. The first-order valence-corrected chi connectivity index (χ1v) is 5.69. The Bertz CT molecular complexity index is 368. The SMILES string of the molecule is CC1=C(Cl)C2OC=C(C(C)(C)C)C2C=C1. The summed E-state index contributed by atoms with van der Waals surface area (Å²) in [5.41, 5.74) is 2.59. The van der Waals surface area contributed by atoms with Crippen LogP contribution in [0.1, 0.15) is 27.7 Å². The lowest BCUT2D eigenvalue weighted by Gasteiger charge is -2.28. The van der Waals surface area contributed by atoms with Crippen molar-refractivity contribution >= 4 is 11.6 Å². The van der Waals surface area contributed by atoms with Gasteiger partial charge < -0.3 is 4.74 Å². The topological polar surface area (TPSA) is 9.23 Å². The maximum absolute atomic E-state index is 6.25. The maximum atomic E-state index is 6.25. The van der Waals surface area contributed by atoms with E-state index >= 15 is 0 Å². The van der Waals surface area contributed by atoms with Crippen LogP contribution in [-0.4, -0.2) is 6.10 Å². The van der Waals surface area contributed by atoms with Crippen LogP contribution < -0.4 is 0 Å². The average molecular weight is 225 g/mol. The van der Waals surface area contributed by atoms with Crippen molar-refractivity contribution in [1.82, 2.24) is 0 Å². The molecule has 0 N–H and O–H groups in total. The molecule has 1 heterocycles. The van der Waals surface area contributed by atoms with Gasteiger partial charge in [0.25, 0.3) is 0 Å². The highest BCUT2D eigenvalue weighted by Gasteiger charge is 2.39. The molecule has 1 aliphatic heterocycles. The summed E-state index contributed by atoms with van der Waals surface area (Å²) in [4.78, 5) is 0. The van der Waals surface area contributed by atoms with E-state index in [1.165, 1.54) is 5.57 Å². The lowest BCUT2D eigenvalue weighted by atomic mass is 9.76. The third-order valence-corrected chi connectivity index (χ3v) is 3.59. The van der Waals surface area contributed by atoms with Crippen molar-refractivity contribution in [2.45, 2.75) is 33.8 Å². The van der Waals surface area contributed by atoms with Crippen molar-refractivity contribution in [3.05, 3.63) is 34.6 Å². The van der Waals surface area contributed by atoms with Crippen molar-refractivity contribution in [2.24, 2.45) is 11.3 Å². The van der Waals surface area contributed by atoms with Gasteiger partial charge in [-0.2, -0.15) is 0 Å². The molecule has 2 heteroatoms. The molecule has 2 atom stereocenters. The number of ether oxygens (including phenoxy) is 1. The Morgan fingerprint density at radius 2 is 2.00 bits per heavy atom.